The van der Waals surface area contributed by atoms with Gasteiger partial charge in [-0.25, -0.2) is 0 Å². The number of hydrogen-bond donors (Lipinski definition) is 0. The lowest BCUT2D eigenvalue weighted by Crippen LogP contribution is -2.02. The third-order valence-electron chi connectivity index (χ3n) is 5.36. The van der Waals surface area contributed by atoms with E-state index in [-0.39, 0.29) is 47.6 Å². The van der Waals surface area contributed by atoms with Gasteiger partial charge in [0.05, 0.1) is 22.0 Å². The van der Waals surface area contributed by atoms with Gasteiger partial charge in [0.1, 0.15) is 13.2 Å². The molecule has 0 aromatic heterocycles. The number of benzene rings is 4. The summed E-state index contributed by atoms with van der Waals surface area (Å²) in [5.74, 6) is 0.133. The Morgan fingerprint density at radius 1 is 0.564 bits per heavy atom. The van der Waals surface area contributed by atoms with Crippen LogP contribution in [-0.2, 0) is 13.2 Å². The Labute approximate surface area is 241 Å². The highest BCUT2D eigenvalue weighted by Gasteiger charge is 2.20. The monoisotopic (exact) mass is 608 g/mol. The maximum absolute atomic E-state index is 11.4. The minimum absolute atomic E-state index is 0.00126. The number of nitro benzene ring substituents is 2. The van der Waals surface area contributed by atoms with E-state index in [0.29, 0.717) is 31.2 Å². The normalized spacial score (nSPS) is 10.7. The van der Waals surface area contributed by atoms with Crippen LogP contribution in [0.1, 0.15) is 11.1 Å². The predicted octanol–water partition coefficient (Wildman–Crippen LogP) is 9.07. The molecule has 0 saturated heterocycles. The van der Waals surface area contributed by atoms with Crippen LogP contribution < -0.4 is 14.2 Å². The first-order valence-corrected chi connectivity index (χ1v) is 12.5. The van der Waals surface area contributed by atoms with Gasteiger partial charge in [-0.15, -0.1) is 0 Å². The average molecular weight is 610 g/mol. The highest BCUT2D eigenvalue weighted by Crippen LogP contribution is 2.41. The number of halogens is 4. The molecule has 39 heavy (non-hydrogen) atoms. The fourth-order valence-electron chi connectivity index (χ4n) is 3.37. The van der Waals surface area contributed by atoms with Gasteiger partial charge in [-0.2, -0.15) is 0 Å². The van der Waals surface area contributed by atoms with Crippen molar-refractivity contribution in [3.05, 3.63) is 124 Å². The lowest BCUT2D eigenvalue weighted by Gasteiger charge is -2.16. The van der Waals surface area contributed by atoms with E-state index >= 15 is 0 Å². The summed E-state index contributed by atoms with van der Waals surface area (Å²) in [6, 6.07) is 17.3. The summed E-state index contributed by atoms with van der Waals surface area (Å²) in [6.07, 6.45) is 0. The number of non-ortho nitro benzene ring substituents is 2. The molecule has 4 aromatic rings. The van der Waals surface area contributed by atoms with Crippen molar-refractivity contribution < 1.29 is 24.1 Å². The van der Waals surface area contributed by atoms with Crippen LogP contribution >= 0.6 is 46.4 Å². The molecule has 0 fully saturated rings. The zero-order valence-corrected chi connectivity index (χ0v) is 22.6. The molecule has 9 nitrogen and oxygen atoms in total. The van der Waals surface area contributed by atoms with Crippen LogP contribution in [0.15, 0.2) is 72.8 Å². The Balaban J connectivity index is 1.68. The molecule has 200 valence electrons. The quantitative estimate of drug-likeness (QED) is 0.130. The van der Waals surface area contributed by atoms with Crippen molar-refractivity contribution in [1.82, 2.24) is 0 Å². The third-order valence-corrected chi connectivity index (χ3v) is 6.78. The average Bonchev–Trinajstić information content (AvgIpc) is 2.89. The third kappa shape index (κ3) is 6.82. The van der Waals surface area contributed by atoms with E-state index in [0.717, 1.165) is 0 Å². The molecule has 4 rings (SSSR count). The zero-order valence-electron chi connectivity index (χ0n) is 19.6. The number of nitrogens with zero attached hydrogens (tertiary/aromatic N) is 2. The molecule has 0 unspecified atom stereocenters. The van der Waals surface area contributed by atoms with Gasteiger partial charge >= 0.3 is 0 Å². The Bertz CT molecular complexity index is 1410. The Hall–Kier alpha value is -3.76. The molecule has 0 aliphatic carbocycles. The molecular weight excluding hydrogens is 594 g/mol. The van der Waals surface area contributed by atoms with Gasteiger partial charge in [0.25, 0.3) is 11.4 Å². The molecule has 0 radical (unpaired) electrons. The van der Waals surface area contributed by atoms with Crippen LogP contribution in [0.2, 0.25) is 20.1 Å². The molecule has 0 bridgehead atoms. The Morgan fingerprint density at radius 2 is 0.923 bits per heavy atom. The van der Waals surface area contributed by atoms with Crippen LogP contribution in [0.25, 0.3) is 0 Å². The summed E-state index contributed by atoms with van der Waals surface area (Å²) >= 11 is 24.9. The summed E-state index contributed by atoms with van der Waals surface area (Å²) in [4.78, 5) is 21.6. The van der Waals surface area contributed by atoms with E-state index in [4.69, 9.17) is 60.6 Å². The first-order valence-electron chi connectivity index (χ1n) is 11.0. The van der Waals surface area contributed by atoms with Crippen LogP contribution in [-0.4, -0.2) is 9.85 Å². The standard InChI is InChI=1S/C26H16Cl4N2O7/c27-19-3-1-4-20(28)17(19)13-37-25-11-15(31(33)34)7-9-23(25)39-24-10-8-16(32(35)36)12-26(24)38-14-18-21(29)5-2-6-22(18)30/h1-12H,13-14H2. The van der Waals surface area contributed by atoms with E-state index in [1.807, 2.05) is 0 Å². The lowest BCUT2D eigenvalue weighted by molar-refractivity contribution is -0.385. The van der Waals surface area contributed by atoms with Crippen LogP contribution in [0.3, 0.4) is 0 Å². The number of nitro groups is 2. The van der Waals surface area contributed by atoms with E-state index in [2.05, 4.69) is 0 Å². The maximum atomic E-state index is 11.4. The molecule has 0 amide bonds. The van der Waals surface area contributed by atoms with Crippen molar-refractivity contribution in [3.63, 3.8) is 0 Å². The summed E-state index contributed by atoms with van der Waals surface area (Å²) in [5.41, 5.74) is 0.427. The van der Waals surface area contributed by atoms with Gasteiger partial charge in [-0.05, 0) is 36.4 Å². The minimum Gasteiger partial charge on any atom is -0.485 e. The van der Waals surface area contributed by atoms with Crippen molar-refractivity contribution in [1.29, 1.82) is 0 Å². The number of ether oxygens (including phenoxy) is 3. The molecule has 13 heteroatoms. The smallest absolute Gasteiger partial charge is 0.273 e. The van der Waals surface area contributed by atoms with Crippen molar-refractivity contribution in [2.45, 2.75) is 13.2 Å². The molecule has 0 N–H and O–H groups in total. The van der Waals surface area contributed by atoms with Gasteiger partial charge in [-0.3, -0.25) is 20.2 Å². The van der Waals surface area contributed by atoms with Crippen LogP contribution in [0, 0.1) is 20.2 Å². The molecule has 0 heterocycles. The summed E-state index contributed by atoms with van der Waals surface area (Å²) in [6.45, 7) is -0.241. The highest BCUT2D eigenvalue weighted by molar-refractivity contribution is 6.36. The molecule has 4 aromatic carbocycles. The van der Waals surface area contributed by atoms with E-state index in [1.54, 1.807) is 36.4 Å². The van der Waals surface area contributed by atoms with Crippen LogP contribution in [0.4, 0.5) is 11.4 Å². The molecule has 0 spiro atoms. The second-order valence-electron chi connectivity index (χ2n) is 7.86. The van der Waals surface area contributed by atoms with E-state index in [9.17, 15) is 20.2 Å². The summed E-state index contributed by atoms with van der Waals surface area (Å²) < 4.78 is 17.6. The topological polar surface area (TPSA) is 114 Å². The molecule has 0 aliphatic heterocycles. The predicted molar refractivity (Wildman–Crippen MR) is 148 cm³/mol. The molecular formula is C26H16Cl4N2O7. The van der Waals surface area contributed by atoms with Gasteiger partial charge < -0.3 is 14.2 Å². The number of hydrogen-bond acceptors (Lipinski definition) is 7. The fraction of sp³-hybridized carbons (Fsp3) is 0.0769. The Kier molecular flexibility index (Phi) is 8.98. The van der Waals surface area contributed by atoms with Gasteiger partial charge in [0.15, 0.2) is 23.0 Å². The highest BCUT2D eigenvalue weighted by atomic mass is 35.5. The van der Waals surface area contributed by atoms with Crippen molar-refractivity contribution >= 4 is 57.8 Å². The van der Waals surface area contributed by atoms with Gasteiger partial charge in [-0.1, -0.05) is 58.5 Å². The SMILES string of the molecule is O=[N+]([O-])c1ccc(Oc2ccc([N+](=O)[O-])cc2OCc2c(Cl)cccc2Cl)c(OCc2c(Cl)cccc2Cl)c1. The van der Waals surface area contributed by atoms with Crippen molar-refractivity contribution in [2.75, 3.05) is 0 Å². The Morgan fingerprint density at radius 3 is 1.26 bits per heavy atom. The van der Waals surface area contributed by atoms with Gasteiger partial charge in [0, 0.05) is 43.4 Å². The first kappa shape index (κ1) is 28.3. The first-order chi connectivity index (χ1) is 18.6. The van der Waals surface area contributed by atoms with Crippen molar-refractivity contribution in [2.24, 2.45) is 0 Å². The largest absolute Gasteiger partial charge is 0.485 e. The van der Waals surface area contributed by atoms with E-state index in [1.165, 1.54) is 36.4 Å². The molecule has 0 atom stereocenters. The minimum atomic E-state index is -0.590. The second-order valence-corrected chi connectivity index (χ2v) is 9.48. The number of rotatable bonds is 10. The lowest BCUT2D eigenvalue weighted by atomic mass is 10.2. The van der Waals surface area contributed by atoms with Crippen LogP contribution in [0.5, 0.6) is 23.0 Å². The van der Waals surface area contributed by atoms with E-state index < -0.39 is 9.85 Å². The summed E-state index contributed by atoms with van der Waals surface area (Å²) in [5, 5.41) is 24.2. The van der Waals surface area contributed by atoms with Gasteiger partial charge in [0.2, 0.25) is 0 Å². The van der Waals surface area contributed by atoms with Crippen molar-refractivity contribution in [3.8, 4) is 23.0 Å². The zero-order chi connectivity index (χ0) is 28.1. The second kappa shape index (κ2) is 12.4. The summed E-state index contributed by atoms with van der Waals surface area (Å²) in [7, 11) is 0. The maximum Gasteiger partial charge on any atom is 0.273 e. The molecule has 0 aliphatic rings. The molecule has 0 saturated carbocycles. The fourth-order valence-corrected chi connectivity index (χ4v) is 4.39.